The van der Waals surface area contributed by atoms with E-state index in [9.17, 15) is 4.79 Å². The Bertz CT molecular complexity index is 344. The summed E-state index contributed by atoms with van der Waals surface area (Å²) in [6, 6.07) is 9.66. The molecule has 1 rings (SSSR count). The van der Waals surface area contributed by atoms with Crippen LogP contribution in [-0.2, 0) is 9.24 Å². The first-order chi connectivity index (χ1) is 6.61. The molecule has 0 fully saturated rings. The molecule has 0 amide bonds. The third-order valence-corrected chi connectivity index (χ3v) is 3.70. The SMILES string of the molecule is CC(C)C(Br)(N=C=O)c1ccccc1. The van der Waals surface area contributed by atoms with Crippen LogP contribution >= 0.6 is 15.9 Å². The van der Waals surface area contributed by atoms with E-state index in [0.717, 1.165) is 5.56 Å². The van der Waals surface area contributed by atoms with Gasteiger partial charge in [0.25, 0.3) is 0 Å². The van der Waals surface area contributed by atoms with Gasteiger partial charge in [-0.1, -0.05) is 60.1 Å². The van der Waals surface area contributed by atoms with E-state index in [-0.39, 0.29) is 5.92 Å². The highest BCUT2D eigenvalue weighted by atomic mass is 79.9. The van der Waals surface area contributed by atoms with Crippen molar-refractivity contribution in [1.82, 2.24) is 0 Å². The van der Waals surface area contributed by atoms with E-state index in [1.165, 1.54) is 0 Å². The molecule has 74 valence electrons. The molecule has 3 heteroatoms. The molecule has 0 aliphatic rings. The minimum Gasteiger partial charge on any atom is -0.211 e. The van der Waals surface area contributed by atoms with Crippen molar-refractivity contribution in [2.45, 2.75) is 18.3 Å². The van der Waals surface area contributed by atoms with Crippen molar-refractivity contribution < 1.29 is 4.79 Å². The molecule has 0 saturated carbocycles. The maximum atomic E-state index is 10.4. The Morgan fingerprint density at radius 2 is 1.93 bits per heavy atom. The number of hydrogen-bond donors (Lipinski definition) is 0. The first-order valence-corrected chi connectivity index (χ1v) is 5.24. The molecule has 0 bridgehead atoms. The van der Waals surface area contributed by atoms with Gasteiger partial charge in [0.05, 0.1) is 0 Å². The molecule has 0 heterocycles. The van der Waals surface area contributed by atoms with E-state index in [0.29, 0.717) is 0 Å². The zero-order valence-electron chi connectivity index (χ0n) is 8.20. The second-order valence-corrected chi connectivity index (χ2v) is 4.61. The minimum absolute atomic E-state index is 0.186. The summed E-state index contributed by atoms with van der Waals surface area (Å²) in [5, 5.41) is 0. The molecule has 0 spiro atoms. The van der Waals surface area contributed by atoms with Crippen LogP contribution in [-0.4, -0.2) is 6.08 Å². The summed E-state index contributed by atoms with van der Waals surface area (Å²) in [5.41, 5.74) is 0.971. The Morgan fingerprint density at radius 3 is 2.36 bits per heavy atom. The van der Waals surface area contributed by atoms with Crippen molar-refractivity contribution in [2.24, 2.45) is 10.9 Å². The van der Waals surface area contributed by atoms with Gasteiger partial charge in [-0.15, -0.1) is 0 Å². The molecule has 0 aliphatic carbocycles. The van der Waals surface area contributed by atoms with Crippen LogP contribution in [0.3, 0.4) is 0 Å². The third-order valence-electron chi connectivity index (χ3n) is 2.15. The fourth-order valence-corrected chi connectivity index (χ4v) is 1.60. The molecule has 1 unspecified atom stereocenters. The number of rotatable bonds is 3. The van der Waals surface area contributed by atoms with Crippen LogP contribution in [0.5, 0.6) is 0 Å². The van der Waals surface area contributed by atoms with Crippen LogP contribution in [0, 0.1) is 5.92 Å². The van der Waals surface area contributed by atoms with E-state index in [1.807, 2.05) is 44.2 Å². The fraction of sp³-hybridized carbons (Fsp3) is 0.364. The first kappa shape index (κ1) is 11.2. The van der Waals surface area contributed by atoms with E-state index in [4.69, 9.17) is 0 Å². The summed E-state index contributed by atoms with van der Waals surface area (Å²) in [4.78, 5) is 14.2. The van der Waals surface area contributed by atoms with Gasteiger partial charge in [0.15, 0.2) is 4.45 Å². The molecular weight excluding hydrogens is 242 g/mol. The van der Waals surface area contributed by atoms with E-state index in [1.54, 1.807) is 6.08 Å². The molecule has 0 radical (unpaired) electrons. The summed E-state index contributed by atoms with van der Waals surface area (Å²) < 4.78 is -0.643. The normalized spacial score (nSPS) is 14.6. The number of halogens is 1. The van der Waals surface area contributed by atoms with Gasteiger partial charge in [-0.2, -0.15) is 4.99 Å². The van der Waals surface area contributed by atoms with Crippen molar-refractivity contribution in [3.05, 3.63) is 35.9 Å². The topological polar surface area (TPSA) is 29.4 Å². The second-order valence-electron chi connectivity index (χ2n) is 3.40. The molecule has 0 aromatic heterocycles. The van der Waals surface area contributed by atoms with Crippen LogP contribution in [0.2, 0.25) is 0 Å². The number of hydrogen-bond acceptors (Lipinski definition) is 2. The highest BCUT2D eigenvalue weighted by Crippen LogP contribution is 2.39. The molecule has 0 N–H and O–H groups in total. The van der Waals surface area contributed by atoms with Crippen LogP contribution in [0.1, 0.15) is 19.4 Å². The van der Waals surface area contributed by atoms with Gasteiger partial charge in [-0.3, -0.25) is 0 Å². The Hall–Kier alpha value is -0.920. The molecule has 2 nitrogen and oxygen atoms in total. The molecule has 1 aromatic rings. The van der Waals surface area contributed by atoms with Gasteiger partial charge in [-0.05, 0) is 11.5 Å². The predicted molar refractivity (Wildman–Crippen MR) is 60.0 cm³/mol. The number of carbonyl (C=O) groups excluding carboxylic acids is 1. The van der Waals surface area contributed by atoms with Gasteiger partial charge in [0, 0.05) is 0 Å². The third kappa shape index (κ3) is 2.11. The zero-order valence-corrected chi connectivity index (χ0v) is 9.78. The van der Waals surface area contributed by atoms with Crippen LogP contribution in [0.15, 0.2) is 35.3 Å². The lowest BCUT2D eigenvalue weighted by atomic mass is 9.96. The molecule has 1 aromatic carbocycles. The predicted octanol–water partition coefficient (Wildman–Crippen LogP) is 3.23. The smallest absolute Gasteiger partial charge is 0.211 e. The summed E-state index contributed by atoms with van der Waals surface area (Å²) >= 11 is 3.49. The second kappa shape index (κ2) is 4.54. The standard InChI is InChI=1S/C11H12BrNO/c1-9(2)11(12,13-8-14)10-6-4-3-5-7-10/h3-7,9H,1-2H3. The van der Waals surface area contributed by atoms with Crippen LogP contribution in [0.4, 0.5) is 0 Å². The lowest BCUT2D eigenvalue weighted by Gasteiger charge is -2.25. The lowest BCUT2D eigenvalue weighted by Crippen LogP contribution is -2.22. The highest BCUT2D eigenvalue weighted by Gasteiger charge is 2.32. The molecule has 14 heavy (non-hydrogen) atoms. The van der Waals surface area contributed by atoms with Gasteiger partial charge in [0.1, 0.15) is 0 Å². The molecule has 1 atom stereocenters. The summed E-state index contributed by atoms with van der Waals surface area (Å²) in [5.74, 6) is 0.186. The summed E-state index contributed by atoms with van der Waals surface area (Å²) in [6.07, 6.45) is 1.62. The van der Waals surface area contributed by atoms with Crippen molar-refractivity contribution in [1.29, 1.82) is 0 Å². The first-order valence-electron chi connectivity index (χ1n) is 4.44. The monoisotopic (exact) mass is 253 g/mol. The summed E-state index contributed by atoms with van der Waals surface area (Å²) in [6.45, 7) is 4.01. The molecular formula is C11H12BrNO. The summed E-state index contributed by atoms with van der Waals surface area (Å²) in [7, 11) is 0. The van der Waals surface area contributed by atoms with E-state index < -0.39 is 4.45 Å². The van der Waals surface area contributed by atoms with Gasteiger partial charge in [-0.25, -0.2) is 4.79 Å². The van der Waals surface area contributed by atoms with Gasteiger partial charge in [0.2, 0.25) is 6.08 Å². The maximum Gasteiger partial charge on any atom is 0.236 e. The Morgan fingerprint density at radius 1 is 1.36 bits per heavy atom. The van der Waals surface area contributed by atoms with E-state index >= 15 is 0 Å². The Kier molecular flexibility index (Phi) is 3.62. The molecule has 0 saturated heterocycles. The fourth-order valence-electron chi connectivity index (χ4n) is 1.27. The van der Waals surface area contributed by atoms with Crippen molar-refractivity contribution in [3.8, 4) is 0 Å². The minimum atomic E-state index is -0.643. The largest absolute Gasteiger partial charge is 0.236 e. The number of nitrogens with zero attached hydrogens (tertiary/aromatic N) is 1. The number of isocyanates is 1. The lowest BCUT2D eigenvalue weighted by molar-refractivity contribution is 0.469. The van der Waals surface area contributed by atoms with E-state index in [2.05, 4.69) is 20.9 Å². The van der Waals surface area contributed by atoms with Gasteiger partial charge < -0.3 is 0 Å². The van der Waals surface area contributed by atoms with Gasteiger partial charge >= 0.3 is 0 Å². The number of alkyl halides is 1. The van der Waals surface area contributed by atoms with Crippen LogP contribution < -0.4 is 0 Å². The molecule has 0 aliphatic heterocycles. The number of aliphatic imine (C=N–C) groups is 1. The Balaban J connectivity index is 3.19. The Labute approximate surface area is 92.2 Å². The van der Waals surface area contributed by atoms with Crippen molar-refractivity contribution in [2.75, 3.05) is 0 Å². The quantitative estimate of drug-likeness (QED) is 0.352. The van der Waals surface area contributed by atoms with Crippen molar-refractivity contribution >= 4 is 22.0 Å². The van der Waals surface area contributed by atoms with Crippen LogP contribution in [0.25, 0.3) is 0 Å². The zero-order chi connectivity index (χ0) is 10.6. The average molecular weight is 254 g/mol. The van der Waals surface area contributed by atoms with Crippen molar-refractivity contribution in [3.63, 3.8) is 0 Å². The average Bonchev–Trinajstić information content (AvgIpc) is 2.19. The highest BCUT2D eigenvalue weighted by molar-refractivity contribution is 9.09. The number of benzene rings is 1. The maximum absolute atomic E-state index is 10.4.